The van der Waals surface area contributed by atoms with Crippen molar-refractivity contribution in [2.24, 2.45) is 0 Å². The maximum atomic E-state index is 5.22. The van der Waals surface area contributed by atoms with E-state index >= 15 is 0 Å². The summed E-state index contributed by atoms with van der Waals surface area (Å²) in [7, 11) is 0. The van der Waals surface area contributed by atoms with Crippen LogP contribution in [0.2, 0.25) is 0 Å². The topological polar surface area (TPSA) is 39.9 Å². The maximum absolute atomic E-state index is 5.22. The molecule has 1 atom stereocenters. The first-order valence-corrected chi connectivity index (χ1v) is 3.39. The molecule has 0 bridgehead atoms. The molecule has 1 fully saturated rings. The molecule has 0 N–H and O–H groups in total. The van der Waals surface area contributed by atoms with Gasteiger partial charge in [0.05, 0.1) is 12.6 Å². The summed E-state index contributed by atoms with van der Waals surface area (Å²) in [4.78, 5) is 3.83. The molecule has 0 amide bonds. The molecule has 1 saturated heterocycles. The molecule has 54 valence electrons. The predicted octanol–water partition coefficient (Wildman–Crippen LogP) is 0.0670. The van der Waals surface area contributed by atoms with Crippen molar-refractivity contribution in [3.63, 3.8) is 0 Å². The van der Waals surface area contributed by atoms with Crippen LogP contribution in [-0.2, 0) is 11.3 Å². The largest absolute Gasteiger partial charge is 0.376 e. The summed E-state index contributed by atoms with van der Waals surface area (Å²) in [5, 5.41) is 3.96. The van der Waals surface area contributed by atoms with E-state index in [0.29, 0.717) is 6.10 Å². The maximum Gasteiger partial charge on any atom is 0.137 e. The van der Waals surface area contributed by atoms with Crippen LogP contribution in [0, 0.1) is 0 Å². The fraction of sp³-hybridized carbons (Fsp3) is 0.667. The Labute approximate surface area is 58.8 Å². The van der Waals surface area contributed by atoms with Crippen molar-refractivity contribution in [2.75, 3.05) is 6.61 Å². The molecule has 1 aromatic rings. The highest BCUT2D eigenvalue weighted by molar-refractivity contribution is 4.67. The molecule has 0 spiro atoms. The van der Waals surface area contributed by atoms with Gasteiger partial charge in [0, 0.05) is 6.61 Å². The van der Waals surface area contributed by atoms with E-state index in [-0.39, 0.29) is 0 Å². The van der Waals surface area contributed by atoms with Crippen LogP contribution in [0.5, 0.6) is 0 Å². The third-order valence-electron chi connectivity index (χ3n) is 1.65. The van der Waals surface area contributed by atoms with E-state index in [1.807, 2.05) is 0 Å². The lowest BCUT2D eigenvalue weighted by Gasteiger charge is -2.25. The molecular formula is C6H9N3O. The monoisotopic (exact) mass is 139 g/mol. The van der Waals surface area contributed by atoms with Gasteiger partial charge in [-0.15, -0.1) is 0 Å². The molecule has 0 aromatic carbocycles. The summed E-state index contributed by atoms with van der Waals surface area (Å²) in [6, 6.07) is 0. The summed E-state index contributed by atoms with van der Waals surface area (Å²) >= 11 is 0. The van der Waals surface area contributed by atoms with E-state index in [1.165, 1.54) is 0 Å². The van der Waals surface area contributed by atoms with Gasteiger partial charge in [0.2, 0.25) is 0 Å². The number of hydrogen-bond donors (Lipinski definition) is 0. The van der Waals surface area contributed by atoms with Gasteiger partial charge in [0.15, 0.2) is 0 Å². The smallest absolute Gasteiger partial charge is 0.137 e. The van der Waals surface area contributed by atoms with Crippen LogP contribution in [0.25, 0.3) is 0 Å². The second-order valence-corrected chi connectivity index (χ2v) is 2.40. The molecule has 2 rings (SSSR count). The zero-order valence-electron chi connectivity index (χ0n) is 5.60. The number of nitrogens with zero attached hydrogens (tertiary/aromatic N) is 3. The van der Waals surface area contributed by atoms with Crippen LogP contribution >= 0.6 is 0 Å². The summed E-state index contributed by atoms with van der Waals surface area (Å²) in [6.45, 7) is 1.75. The van der Waals surface area contributed by atoms with Crippen LogP contribution in [0.4, 0.5) is 0 Å². The van der Waals surface area contributed by atoms with E-state index in [9.17, 15) is 0 Å². The van der Waals surface area contributed by atoms with Gasteiger partial charge in [0.1, 0.15) is 12.7 Å². The van der Waals surface area contributed by atoms with Crippen molar-refractivity contribution in [3.8, 4) is 0 Å². The lowest BCUT2D eigenvalue weighted by molar-refractivity contribution is -0.0609. The van der Waals surface area contributed by atoms with Gasteiger partial charge in [0.25, 0.3) is 0 Å². The minimum absolute atomic E-state index is 0.377. The first-order chi connectivity index (χ1) is 4.95. The molecule has 0 saturated carbocycles. The van der Waals surface area contributed by atoms with Gasteiger partial charge in [-0.3, -0.25) is 4.68 Å². The summed E-state index contributed by atoms with van der Waals surface area (Å²) in [6.07, 6.45) is 4.78. The Kier molecular flexibility index (Phi) is 1.39. The lowest BCUT2D eigenvalue weighted by Crippen LogP contribution is -2.31. The second kappa shape index (κ2) is 2.38. The molecule has 4 heteroatoms. The third-order valence-corrected chi connectivity index (χ3v) is 1.65. The Bertz CT molecular complexity index is 193. The fourth-order valence-electron chi connectivity index (χ4n) is 0.964. The quantitative estimate of drug-likeness (QED) is 0.582. The normalized spacial score (nSPS) is 24.2. The van der Waals surface area contributed by atoms with E-state index < -0.39 is 0 Å². The molecule has 1 aliphatic rings. The van der Waals surface area contributed by atoms with Gasteiger partial charge in [-0.2, -0.15) is 5.10 Å². The summed E-state index contributed by atoms with van der Waals surface area (Å²) < 4.78 is 7.01. The standard InChI is InChI=1S/C6H9N3O/c1-2-10-6(1)3-9-5-7-4-8-9/h4-6H,1-3H2. The molecule has 1 aliphatic heterocycles. The number of ether oxygens (including phenoxy) is 1. The molecule has 1 unspecified atom stereocenters. The zero-order valence-corrected chi connectivity index (χ0v) is 5.60. The summed E-state index contributed by atoms with van der Waals surface area (Å²) in [5.74, 6) is 0. The minimum atomic E-state index is 0.377. The molecule has 0 aliphatic carbocycles. The third kappa shape index (κ3) is 1.02. The highest BCUT2D eigenvalue weighted by Gasteiger charge is 2.18. The fourth-order valence-corrected chi connectivity index (χ4v) is 0.964. The molecule has 1 aromatic heterocycles. The Morgan fingerprint density at radius 1 is 1.70 bits per heavy atom. The molecule has 10 heavy (non-hydrogen) atoms. The van der Waals surface area contributed by atoms with Crippen molar-refractivity contribution in [1.29, 1.82) is 0 Å². The average Bonchev–Trinajstić information content (AvgIpc) is 2.29. The first-order valence-electron chi connectivity index (χ1n) is 3.39. The van der Waals surface area contributed by atoms with Gasteiger partial charge in [-0.25, -0.2) is 4.98 Å². The highest BCUT2D eigenvalue weighted by Crippen LogP contribution is 2.11. The van der Waals surface area contributed by atoms with E-state index in [0.717, 1.165) is 19.6 Å². The Morgan fingerprint density at radius 2 is 2.60 bits per heavy atom. The van der Waals surface area contributed by atoms with Gasteiger partial charge in [-0.1, -0.05) is 0 Å². The van der Waals surface area contributed by atoms with Crippen LogP contribution < -0.4 is 0 Å². The SMILES string of the molecule is c1ncn(CC2CCO2)n1. The Morgan fingerprint density at radius 3 is 3.10 bits per heavy atom. The molecular weight excluding hydrogens is 130 g/mol. The number of hydrogen-bond acceptors (Lipinski definition) is 3. The Balaban J connectivity index is 1.90. The average molecular weight is 139 g/mol. The first kappa shape index (κ1) is 5.85. The van der Waals surface area contributed by atoms with Gasteiger partial charge < -0.3 is 4.74 Å². The molecule has 4 nitrogen and oxygen atoms in total. The number of aromatic nitrogens is 3. The Hall–Kier alpha value is -0.900. The van der Waals surface area contributed by atoms with E-state index in [4.69, 9.17) is 4.74 Å². The zero-order chi connectivity index (χ0) is 6.81. The van der Waals surface area contributed by atoms with Crippen molar-refractivity contribution < 1.29 is 4.74 Å². The molecule has 2 heterocycles. The second-order valence-electron chi connectivity index (χ2n) is 2.40. The van der Waals surface area contributed by atoms with Crippen molar-refractivity contribution in [1.82, 2.24) is 14.8 Å². The minimum Gasteiger partial charge on any atom is -0.376 e. The van der Waals surface area contributed by atoms with Crippen LogP contribution in [-0.4, -0.2) is 27.5 Å². The van der Waals surface area contributed by atoms with E-state index in [1.54, 1.807) is 17.3 Å². The van der Waals surface area contributed by atoms with Crippen molar-refractivity contribution >= 4 is 0 Å². The van der Waals surface area contributed by atoms with Gasteiger partial charge >= 0.3 is 0 Å². The predicted molar refractivity (Wildman–Crippen MR) is 34.4 cm³/mol. The van der Waals surface area contributed by atoms with Crippen LogP contribution in [0.1, 0.15) is 6.42 Å². The van der Waals surface area contributed by atoms with Crippen LogP contribution in [0.15, 0.2) is 12.7 Å². The molecule has 0 radical (unpaired) electrons. The summed E-state index contributed by atoms with van der Waals surface area (Å²) in [5.41, 5.74) is 0. The van der Waals surface area contributed by atoms with Crippen molar-refractivity contribution in [2.45, 2.75) is 19.1 Å². The van der Waals surface area contributed by atoms with E-state index in [2.05, 4.69) is 10.1 Å². The lowest BCUT2D eigenvalue weighted by atomic mass is 10.2. The van der Waals surface area contributed by atoms with Crippen LogP contribution in [0.3, 0.4) is 0 Å². The highest BCUT2D eigenvalue weighted by atomic mass is 16.5. The van der Waals surface area contributed by atoms with Crippen molar-refractivity contribution in [3.05, 3.63) is 12.7 Å². The number of rotatable bonds is 2. The van der Waals surface area contributed by atoms with Gasteiger partial charge in [-0.05, 0) is 6.42 Å².